The number of para-hydroxylation sites is 2. The lowest BCUT2D eigenvalue weighted by molar-refractivity contribution is 0.0951. The fourth-order valence-corrected chi connectivity index (χ4v) is 4.01. The molecule has 3 aromatic carbocycles. The van der Waals surface area contributed by atoms with E-state index in [4.69, 9.17) is 28.8 Å². The molecule has 0 spiro atoms. The summed E-state index contributed by atoms with van der Waals surface area (Å²) < 4.78 is 2.46. The van der Waals surface area contributed by atoms with Crippen molar-refractivity contribution in [2.45, 2.75) is 6.54 Å². The summed E-state index contributed by atoms with van der Waals surface area (Å²) in [6, 6.07) is 20.8. The second-order valence-corrected chi connectivity index (χ2v) is 7.59. The summed E-state index contributed by atoms with van der Waals surface area (Å²) in [6.07, 6.45) is 0. The van der Waals surface area contributed by atoms with E-state index in [2.05, 4.69) is 10.3 Å². The molecule has 0 aliphatic carbocycles. The second-order valence-electron chi connectivity index (χ2n) is 6.76. The number of benzene rings is 3. The molecule has 0 saturated carbocycles. The number of hydrogen-bond acceptors (Lipinski definition) is 3. The Hall–Kier alpha value is -3.22. The van der Waals surface area contributed by atoms with E-state index in [0.717, 1.165) is 33.1 Å². The number of amides is 1. The third-order valence-electron chi connectivity index (χ3n) is 4.87. The molecule has 29 heavy (non-hydrogen) atoms. The maximum atomic E-state index is 12.6. The van der Waals surface area contributed by atoms with Gasteiger partial charge in [-0.3, -0.25) is 9.20 Å². The Labute approximate surface area is 176 Å². The molecule has 0 bridgehead atoms. The maximum absolute atomic E-state index is 12.6. The van der Waals surface area contributed by atoms with E-state index in [9.17, 15) is 4.79 Å². The Morgan fingerprint density at radius 2 is 1.97 bits per heavy atom. The summed E-state index contributed by atoms with van der Waals surface area (Å²) in [7, 11) is 0. The van der Waals surface area contributed by atoms with E-state index in [1.54, 1.807) is 18.2 Å². The summed E-state index contributed by atoms with van der Waals surface area (Å²) in [5.74, 6) is -0.167. The molecule has 2 aromatic heterocycles. The van der Waals surface area contributed by atoms with Crippen LogP contribution in [0, 0.1) is 4.77 Å². The normalized spacial score (nSPS) is 11.3. The summed E-state index contributed by atoms with van der Waals surface area (Å²) in [4.78, 5) is 20.6. The van der Waals surface area contributed by atoms with E-state index < -0.39 is 0 Å². The Kier molecular flexibility index (Phi) is 4.30. The number of nitrogens with zero attached hydrogens (tertiary/aromatic N) is 2. The van der Waals surface area contributed by atoms with Crippen molar-refractivity contribution >= 4 is 57.3 Å². The Bertz CT molecular complexity index is 1470. The number of hydrogen-bond donors (Lipinski definition) is 2. The molecule has 5 rings (SSSR count). The molecule has 0 aliphatic heterocycles. The van der Waals surface area contributed by atoms with Crippen LogP contribution in [0.5, 0.6) is 0 Å². The lowest BCUT2D eigenvalue weighted by Crippen LogP contribution is -2.22. The van der Waals surface area contributed by atoms with Crippen LogP contribution in [0.4, 0.5) is 0 Å². The van der Waals surface area contributed by atoms with Gasteiger partial charge in [-0.25, -0.2) is 4.98 Å². The van der Waals surface area contributed by atoms with Crippen LogP contribution < -0.4 is 5.32 Å². The average Bonchev–Trinajstić information content (AvgIpc) is 3.12. The van der Waals surface area contributed by atoms with Crippen molar-refractivity contribution in [2.24, 2.45) is 0 Å². The van der Waals surface area contributed by atoms with Crippen molar-refractivity contribution in [2.75, 3.05) is 0 Å². The predicted octanol–water partition coefficient (Wildman–Crippen LogP) is 5.28. The number of carbonyl (C=O) groups excluding carboxylic acids is 1. The molecule has 0 saturated heterocycles. The molecule has 0 fully saturated rings. The number of H-pyrrole nitrogens is 1. The van der Waals surface area contributed by atoms with Crippen LogP contribution >= 0.6 is 23.8 Å². The Morgan fingerprint density at radius 3 is 2.83 bits per heavy atom. The van der Waals surface area contributed by atoms with Gasteiger partial charge in [0.1, 0.15) is 5.65 Å². The van der Waals surface area contributed by atoms with E-state index in [1.165, 1.54) is 0 Å². The fraction of sp³-hybridized carbons (Fsp3) is 0.0455. The van der Waals surface area contributed by atoms with Crippen LogP contribution in [-0.4, -0.2) is 20.3 Å². The van der Waals surface area contributed by atoms with Gasteiger partial charge in [0.05, 0.1) is 16.6 Å². The van der Waals surface area contributed by atoms with Crippen molar-refractivity contribution in [3.63, 3.8) is 0 Å². The Balaban J connectivity index is 1.53. The fourth-order valence-electron chi connectivity index (χ4n) is 3.50. The number of imidazole rings is 1. The molecule has 0 atom stereocenters. The number of rotatable bonds is 3. The lowest BCUT2D eigenvalue weighted by atomic mass is 10.1. The molecular formula is C22H15ClN4OS. The zero-order chi connectivity index (χ0) is 20.0. The number of halogens is 1. The van der Waals surface area contributed by atoms with Crippen LogP contribution in [-0.2, 0) is 6.54 Å². The molecule has 142 valence electrons. The van der Waals surface area contributed by atoms with Gasteiger partial charge in [-0.05, 0) is 60.2 Å². The molecular weight excluding hydrogens is 404 g/mol. The van der Waals surface area contributed by atoms with Gasteiger partial charge < -0.3 is 10.3 Å². The van der Waals surface area contributed by atoms with Crippen LogP contribution in [0.15, 0.2) is 66.7 Å². The molecule has 1 amide bonds. The first-order chi connectivity index (χ1) is 14.1. The summed E-state index contributed by atoms with van der Waals surface area (Å²) >= 11 is 11.6. The number of nitrogens with one attached hydrogen (secondary N) is 2. The molecule has 7 heteroatoms. The minimum atomic E-state index is -0.167. The molecule has 2 N–H and O–H groups in total. The van der Waals surface area contributed by atoms with E-state index in [-0.39, 0.29) is 5.91 Å². The first-order valence-electron chi connectivity index (χ1n) is 9.06. The van der Waals surface area contributed by atoms with Crippen LogP contribution in [0.25, 0.3) is 27.6 Å². The first-order valence-corrected chi connectivity index (χ1v) is 9.85. The molecule has 2 heterocycles. The number of carbonyl (C=O) groups is 1. The largest absolute Gasteiger partial charge is 0.348 e. The van der Waals surface area contributed by atoms with E-state index >= 15 is 0 Å². The van der Waals surface area contributed by atoms with E-state index in [0.29, 0.717) is 21.9 Å². The van der Waals surface area contributed by atoms with Crippen molar-refractivity contribution in [1.29, 1.82) is 0 Å². The summed E-state index contributed by atoms with van der Waals surface area (Å²) in [5.41, 5.74) is 4.86. The highest BCUT2D eigenvalue weighted by Gasteiger charge is 2.12. The summed E-state index contributed by atoms with van der Waals surface area (Å²) in [5, 5.41) is 4.47. The van der Waals surface area contributed by atoms with Gasteiger partial charge in [0.2, 0.25) is 0 Å². The Morgan fingerprint density at radius 1 is 1.10 bits per heavy atom. The number of aromatic amines is 1. The molecule has 5 aromatic rings. The van der Waals surface area contributed by atoms with Gasteiger partial charge in [-0.15, -0.1) is 0 Å². The van der Waals surface area contributed by atoms with Gasteiger partial charge in [0.15, 0.2) is 4.77 Å². The van der Waals surface area contributed by atoms with Crippen LogP contribution in [0.3, 0.4) is 0 Å². The third-order valence-corrected chi connectivity index (χ3v) is 5.39. The topological polar surface area (TPSA) is 62.2 Å². The third kappa shape index (κ3) is 3.16. The van der Waals surface area contributed by atoms with Gasteiger partial charge in [-0.1, -0.05) is 35.9 Å². The highest BCUT2D eigenvalue weighted by molar-refractivity contribution is 7.71. The SMILES string of the molecule is O=C(NCc1cccc(Cl)c1)c1ccc2c(c1)[nH]c(=S)n1c3ccccc3nc21. The van der Waals surface area contributed by atoms with Gasteiger partial charge >= 0.3 is 0 Å². The van der Waals surface area contributed by atoms with Crippen LogP contribution in [0.2, 0.25) is 5.02 Å². The van der Waals surface area contributed by atoms with Crippen molar-refractivity contribution in [3.05, 3.63) is 87.7 Å². The average molecular weight is 419 g/mol. The van der Waals surface area contributed by atoms with Crippen LogP contribution in [0.1, 0.15) is 15.9 Å². The number of aromatic nitrogens is 3. The summed E-state index contributed by atoms with van der Waals surface area (Å²) in [6.45, 7) is 0.401. The smallest absolute Gasteiger partial charge is 0.251 e. The molecule has 0 unspecified atom stereocenters. The zero-order valence-electron chi connectivity index (χ0n) is 15.1. The molecule has 0 aliphatic rings. The highest BCUT2D eigenvalue weighted by atomic mass is 35.5. The van der Waals surface area contributed by atoms with E-state index in [1.807, 2.05) is 52.9 Å². The standard InChI is InChI=1S/C22H15ClN4OS/c23-15-5-3-4-13(10-15)12-24-21(28)14-8-9-16-18(11-14)26-22(29)27-19-7-2-1-6-17(19)25-20(16)27/h1-11H,12H2,(H,24,28)(H,26,29). The first kappa shape index (κ1) is 17.8. The lowest BCUT2D eigenvalue weighted by Gasteiger charge is -2.08. The quantitative estimate of drug-likeness (QED) is 0.392. The van der Waals surface area contributed by atoms with Gasteiger partial charge in [0, 0.05) is 22.5 Å². The predicted molar refractivity (Wildman–Crippen MR) is 118 cm³/mol. The second kappa shape index (κ2) is 6.99. The minimum absolute atomic E-state index is 0.167. The minimum Gasteiger partial charge on any atom is -0.348 e. The molecule has 5 nitrogen and oxygen atoms in total. The van der Waals surface area contributed by atoms with Gasteiger partial charge in [0.25, 0.3) is 5.91 Å². The zero-order valence-corrected chi connectivity index (χ0v) is 16.7. The number of fused-ring (bicyclic) bond motifs is 5. The van der Waals surface area contributed by atoms with Crippen molar-refractivity contribution in [1.82, 2.24) is 19.7 Å². The molecule has 0 radical (unpaired) electrons. The maximum Gasteiger partial charge on any atom is 0.251 e. The van der Waals surface area contributed by atoms with Crippen molar-refractivity contribution < 1.29 is 4.79 Å². The monoisotopic (exact) mass is 418 g/mol. The highest BCUT2D eigenvalue weighted by Crippen LogP contribution is 2.24. The van der Waals surface area contributed by atoms with Gasteiger partial charge in [-0.2, -0.15) is 0 Å². The van der Waals surface area contributed by atoms with Crippen molar-refractivity contribution in [3.8, 4) is 0 Å².